The molecule has 0 aliphatic heterocycles. The molecule has 0 spiro atoms. The maximum absolute atomic E-state index is 11.0. The minimum atomic E-state index is -3.72. The van der Waals surface area contributed by atoms with E-state index in [-0.39, 0.29) is 4.90 Å². The second-order valence-corrected chi connectivity index (χ2v) is 3.98. The third-order valence-electron chi connectivity index (χ3n) is 1.44. The molecule has 4 nitrogen and oxygen atoms in total. The van der Waals surface area contributed by atoms with Crippen molar-refractivity contribution >= 4 is 10.0 Å². The molecule has 5 heteroatoms. The van der Waals surface area contributed by atoms with Crippen LogP contribution in [0.2, 0.25) is 0 Å². The van der Waals surface area contributed by atoms with Gasteiger partial charge in [-0.15, -0.1) is 0 Å². The van der Waals surface area contributed by atoms with E-state index in [0.717, 1.165) is 5.56 Å². The highest BCUT2D eigenvalue weighted by atomic mass is 32.2. The number of aryl methyl sites for hydroxylation is 1. The number of benzene rings is 1. The van der Waals surface area contributed by atoms with Crippen molar-refractivity contribution in [1.82, 2.24) is 0 Å². The van der Waals surface area contributed by atoms with Crippen molar-refractivity contribution in [1.29, 1.82) is 5.53 Å². The number of hydrogen-bond donors (Lipinski definition) is 1. The highest BCUT2D eigenvalue weighted by molar-refractivity contribution is 7.90. The molecule has 64 valence electrons. The Labute approximate surface area is 70.8 Å². The van der Waals surface area contributed by atoms with Crippen LogP contribution in [0.4, 0.5) is 0 Å². The van der Waals surface area contributed by atoms with E-state index in [4.69, 9.17) is 5.53 Å². The molecular weight excluding hydrogens is 176 g/mol. The number of rotatable bonds is 2. The summed E-state index contributed by atoms with van der Waals surface area (Å²) in [6.07, 6.45) is 0. The maximum Gasteiger partial charge on any atom is 0.299 e. The molecule has 0 aliphatic rings. The Bertz CT molecular complexity index is 380. The SMILES string of the molecule is Cc1ccc(S(=O)(=O)N=N)cc1. The molecule has 0 saturated carbocycles. The quantitative estimate of drug-likeness (QED) is 0.711. The molecule has 1 aromatic carbocycles. The van der Waals surface area contributed by atoms with Crippen LogP contribution < -0.4 is 0 Å². The van der Waals surface area contributed by atoms with E-state index in [2.05, 4.69) is 4.52 Å². The number of sulfonamides is 1. The smallest absolute Gasteiger partial charge is 0.198 e. The molecule has 1 rings (SSSR count). The number of nitrogens with zero attached hydrogens (tertiary/aromatic N) is 1. The van der Waals surface area contributed by atoms with E-state index in [1.54, 1.807) is 12.1 Å². The second kappa shape index (κ2) is 3.02. The van der Waals surface area contributed by atoms with Crippen molar-refractivity contribution in [2.24, 2.45) is 4.52 Å². The van der Waals surface area contributed by atoms with Gasteiger partial charge in [0, 0.05) is 0 Å². The van der Waals surface area contributed by atoms with Crippen molar-refractivity contribution in [3.63, 3.8) is 0 Å². The molecule has 0 aliphatic carbocycles. The van der Waals surface area contributed by atoms with Crippen LogP contribution in [0, 0.1) is 12.5 Å². The minimum absolute atomic E-state index is 0.0584. The Balaban J connectivity index is 3.23. The molecule has 12 heavy (non-hydrogen) atoms. The van der Waals surface area contributed by atoms with Crippen LogP contribution in [0.3, 0.4) is 0 Å². The summed E-state index contributed by atoms with van der Waals surface area (Å²) in [6.45, 7) is 1.86. The highest BCUT2D eigenvalue weighted by Crippen LogP contribution is 2.11. The maximum atomic E-state index is 11.0. The summed E-state index contributed by atoms with van der Waals surface area (Å²) in [4.78, 5) is 0.0584. The lowest BCUT2D eigenvalue weighted by Crippen LogP contribution is -1.94. The van der Waals surface area contributed by atoms with Crippen molar-refractivity contribution < 1.29 is 8.42 Å². The molecule has 0 saturated heterocycles. The average molecular weight is 184 g/mol. The van der Waals surface area contributed by atoms with Crippen LogP contribution in [0.25, 0.3) is 0 Å². The molecule has 1 N–H and O–H groups in total. The first-order chi connectivity index (χ1) is 5.56. The summed E-state index contributed by atoms with van der Waals surface area (Å²) in [6, 6.07) is 6.20. The summed E-state index contributed by atoms with van der Waals surface area (Å²) < 4.78 is 24.5. The molecule has 0 fully saturated rings. The predicted molar refractivity (Wildman–Crippen MR) is 43.5 cm³/mol. The zero-order valence-electron chi connectivity index (χ0n) is 6.48. The van der Waals surface area contributed by atoms with E-state index in [1.165, 1.54) is 12.1 Å². The summed E-state index contributed by atoms with van der Waals surface area (Å²) >= 11 is 0. The van der Waals surface area contributed by atoms with Gasteiger partial charge >= 0.3 is 0 Å². The van der Waals surface area contributed by atoms with Gasteiger partial charge in [0.05, 0.1) is 4.90 Å². The summed E-state index contributed by atoms with van der Waals surface area (Å²) in [5.41, 5.74) is 7.40. The largest absolute Gasteiger partial charge is 0.299 e. The van der Waals surface area contributed by atoms with Crippen molar-refractivity contribution in [2.45, 2.75) is 11.8 Å². The predicted octanol–water partition coefficient (Wildman–Crippen LogP) is 1.71. The minimum Gasteiger partial charge on any atom is -0.198 e. The Morgan fingerprint density at radius 3 is 2.17 bits per heavy atom. The van der Waals surface area contributed by atoms with Crippen LogP contribution in [0.5, 0.6) is 0 Å². The lowest BCUT2D eigenvalue weighted by atomic mass is 10.2. The highest BCUT2D eigenvalue weighted by Gasteiger charge is 2.10. The van der Waals surface area contributed by atoms with Gasteiger partial charge in [0.1, 0.15) is 0 Å². The molecular formula is C7H8N2O2S. The van der Waals surface area contributed by atoms with Crippen LogP contribution in [0.1, 0.15) is 5.56 Å². The van der Waals surface area contributed by atoms with Gasteiger partial charge in [-0.1, -0.05) is 22.2 Å². The molecule has 1 aromatic rings. The van der Waals surface area contributed by atoms with Crippen LogP contribution in [-0.2, 0) is 10.0 Å². The van der Waals surface area contributed by atoms with E-state index in [0.29, 0.717) is 0 Å². The zero-order chi connectivity index (χ0) is 9.19. The molecule has 0 aromatic heterocycles. The van der Waals surface area contributed by atoms with Gasteiger partial charge in [-0.25, -0.2) is 0 Å². The summed E-state index contributed by atoms with van der Waals surface area (Å²) in [5, 5.41) is 0. The van der Waals surface area contributed by atoms with Gasteiger partial charge in [-0.2, -0.15) is 13.9 Å². The van der Waals surface area contributed by atoms with Gasteiger partial charge in [0.15, 0.2) is 0 Å². The van der Waals surface area contributed by atoms with Crippen LogP contribution in [-0.4, -0.2) is 8.42 Å². The molecule has 0 atom stereocenters. The monoisotopic (exact) mass is 184 g/mol. The van der Waals surface area contributed by atoms with Crippen molar-refractivity contribution in [3.8, 4) is 0 Å². The first kappa shape index (κ1) is 8.86. The fourth-order valence-electron chi connectivity index (χ4n) is 0.763. The number of nitrogens with one attached hydrogen (secondary N) is 1. The standard InChI is InChI=1S/C7H8N2O2S/c1-6-2-4-7(5-3-6)12(10,11)9-8/h2-5,8H,1H3. The number of hydrogen-bond acceptors (Lipinski definition) is 3. The lowest BCUT2D eigenvalue weighted by Gasteiger charge is -1.96. The van der Waals surface area contributed by atoms with Gasteiger partial charge in [-0.3, -0.25) is 0 Å². The molecule has 0 bridgehead atoms. The van der Waals surface area contributed by atoms with Crippen molar-refractivity contribution in [2.75, 3.05) is 0 Å². The normalized spacial score (nSPS) is 11.1. The Morgan fingerprint density at radius 2 is 1.75 bits per heavy atom. The van der Waals surface area contributed by atoms with E-state index < -0.39 is 10.0 Å². The van der Waals surface area contributed by atoms with Gasteiger partial charge in [0.25, 0.3) is 10.0 Å². The molecule has 0 amide bonds. The van der Waals surface area contributed by atoms with Crippen LogP contribution >= 0.6 is 0 Å². The molecule has 0 unspecified atom stereocenters. The lowest BCUT2D eigenvalue weighted by molar-refractivity contribution is 0.594. The van der Waals surface area contributed by atoms with E-state index >= 15 is 0 Å². The van der Waals surface area contributed by atoms with Gasteiger partial charge in [-0.05, 0) is 19.1 Å². The second-order valence-electron chi connectivity index (χ2n) is 2.38. The molecule has 0 radical (unpaired) electrons. The van der Waals surface area contributed by atoms with Gasteiger partial charge < -0.3 is 0 Å². The third kappa shape index (κ3) is 1.68. The summed E-state index contributed by atoms with van der Waals surface area (Å²) in [5.74, 6) is 0. The van der Waals surface area contributed by atoms with Crippen molar-refractivity contribution in [3.05, 3.63) is 29.8 Å². The Hall–Kier alpha value is -1.23. The first-order valence-corrected chi connectivity index (χ1v) is 4.71. The van der Waals surface area contributed by atoms with E-state index in [1.807, 2.05) is 6.92 Å². The fraction of sp³-hybridized carbons (Fsp3) is 0.143. The Morgan fingerprint density at radius 1 is 1.25 bits per heavy atom. The topological polar surface area (TPSA) is 70.3 Å². The first-order valence-electron chi connectivity index (χ1n) is 3.27. The third-order valence-corrected chi connectivity index (χ3v) is 2.55. The molecule has 0 heterocycles. The average Bonchev–Trinajstić information content (AvgIpc) is 2.05. The summed E-state index contributed by atoms with van der Waals surface area (Å²) in [7, 11) is -3.72. The zero-order valence-corrected chi connectivity index (χ0v) is 7.30. The fourth-order valence-corrected chi connectivity index (χ4v) is 1.35. The Kier molecular flexibility index (Phi) is 2.23. The van der Waals surface area contributed by atoms with E-state index in [9.17, 15) is 8.42 Å². The van der Waals surface area contributed by atoms with Crippen LogP contribution in [0.15, 0.2) is 33.7 Å². The van der Waals surface area contributed by atoms with Gasteiger partial charge in [0.2, 0.25) is 0 Å².